The Morgan fingerprint density at radius 2 is 1.96 bits per heavy atom. The SMILES string of the molecule is CC1CCCCN1C(=O)Cn1c(COc2ccc(Cl)cc2)nc2ccccc21. The molecule has 0 bridgehead atoms. The smallest absolute Gasteiger partial charge is 0.242 e. The third-order valence-electron chi connectivity index (χ3n) is 5.33. The zero-order chi connectivity index (χ0) is 19.5. The van der Waals surface area contributed by atoms with E-state index in [2.05, 4.69) is 6.92 Å². The zero-order valence-electron chi connectivity index (χ0n) is 16.0. The van der Waals surface area contributed by atoms with E-state index >= 15 is 0 Å². The highest BCUT2D eigenvalue weighted by Gasteiger charge is 2.24. The number of para-hydroxylation sites is 2. The molecule has 4 rings (SSSR count). The van der Waals surface area contributed by atoms with Crippen LogP contribution in [0.25, 0.3) is 11.0 Å². The van der Waals surface area contributed by atoms with Gasteiger partial charge in [-0.1, -0.05) is 23.7 Å². The summed E-state index contributed by atoms with van der Waals surface area (Å²) in [6, 6.07) is 15.4. The van der Waals surface area contributed by atoms with Gasteiger partial charge in [0, 0.05) is 17.6 Å². The predicted octanol–water partition coefficient (Wildman–Crippen LogP) is 4.67. The highest BCUT2D eigenvalue weighted by Crippen LogP contribution is 2.22. The molecule has 1 aromatic heterocycles. The van der Waals surface area contributed by atoms with Gasteiger partial charge in [0.25, 0.3) is 0 Å². The third kappa shape index (κ3) is 3.99. The first-order chi connectivity index (χ1) is 13.6. The number of piperidine rings is 1. The van der Waals surface area contributed by atoms with Crippen molar-refractivity contribution in [3.63, 3.8) is 0 Å². The largest absolute Gasteiger partial charge is 0.486 e. The Morgan fingerprint density at radius 3 is 2.75 bits per heavy atom. The number of rotatable bonds is 5. The van der Waals surface area contributed by atoms with Crippen LogP contribution in [0, 0.1) is 0 Å². The second-order valence-electron chi connectivity index (χ2n) is 7.28. The van der Waals surface area contributed by atoms with Crippen LogP contribution in [0.2, 0.25) is 5.02 Å². The van der Waals surface area contributed by atoms with E-state index in [0.29, 0.717) is 17.7 Å². The number of imidazole rings is 1. The van der Waals surface area contributed by atoms with Crippen LogP contribution >= 0.6 is 11.6 Å². The molecule has 1 unspecified atom stereocenters. The summed E-state index contributed by atoms with van der Waals surface area (Å²) in [5.41, 5.74) is 1.83. The molecule has 28 heavy (non-hydrogen) atoms. The maximum Gasteiger partial charge on any atom is 0.242 e. The van der Waals surface area contributed by atoms with E-state index in [-0.39, 0.29) is 12.5 Å². The number of hydrogen-bond donors (Lipinski definition) is 0. The molecule has 6 heteroatoms. The lowest BCUT2D eigenvalue weighted by atomic mass is 10.0. The molecule has 0 spiro atoms. The van der Waals surface area contributed by atoms with Crippen molar-refractivity contribution in [3.8, 4) is 5.75 Å². The summed E-state index contributed by atoms with van der Waals surface area (Å²) in [5.74, 6) is 1.61. The average Bonchev–Trinajstić information content (AvgIpc) is 3.05. The highest BCUT2D eigenvalue weighted by molar-refractivity contribution is 6.30. The van der Waals surface area contributed by atoms with Crippen molar-refractivity contribution in [2.75, 3.05) is 6.54 Å². The summed E-state index contributed by atoms with van der Waals surface area (Å²) in [7, 11) is 0. The molecule has 2 aromatic carbocycles. The fraction of sp³-hybridized carbons (Fsp3) is 0.364. The number of fused-ring (bicyclic) bond motifs is 1. The Labute approximate surface area is 169 Å². The molecule has 1 aliphatic rings. The van der Waals surface area contributed by atoms with Gasteiger partial charge in [-0.2, -0.15) is 0 Å². The van der Waals surface area contributed by atoms with Crippen LogP contribution in [-0.2, 0) is 17.9 Å². The summed E-state index contributed by atoms with van der Waals surface area (Å²) in [5, 5.41) is 0.667. The van der Waals surface area contributed by atoms with Crippen LogP contribution in [0.4, 0.5) is 0 Å². The molecule has 0 radical (unpaired) electrons. The highest BCUT2D eigenvalue weighted by atomic mass is 35.5. The Kier molecular flexibility index (Phi) is 5.53. The van der Waals surface area contributed by atoms with Gasteiger partial charge >= 0.3 is 0 Å². The normalized spacial score (nSPS) is 17.1. The molecule has 1 atom stereocenters. The number of nitrogens with zero attached hydrogens (tertiary/aromatic N) is 3. The van der Waals surface area contributed by atoms with E-state index in [4.69, 9.17) is 21.3 Å². The van der Waals surface area contributed by atoms with Gasteiger partial charge in [-0.3, -0.25) is 4.79 Å². The minimum absolute atomic E-state index is 0.142. The summed E-state index contributed by atoms with van der Waals surface area (Å²) in [6.07, 6.45) is 3.34. The molecule has 1 aliphatic heterocycles. The summed E-state index contributed by atoms with van der Waals surface area (Å²) in [4.78, 5) is 19.7. The van der Waals surface area contributed by atoms with E-state index < -0.39 is 0 Å². The van der Waals surface area contributed by atoms with Gasteiger partial charge in [0.2, 0.25) is 5.91 Å². The van der Waals surface area contributed by atoms with Crippen molar-refractivity contribution in [2.45, 2.75) is 45.4 Å². The monoisotopic (exact) mass is 397 g/mol. The fourth-order valence-electron chi connectivity index (χ4n) is 3.79. The predicted molar refractivity (Wildman–Crippen MR) is 111 cm³/mol. The Hall–Kier alpha value is -2.53. The van der Waals surface area contributed by atoms with Gasteiger partial charge in [0.15, 0.2) is 0 Å². The van der Waals surface area contributed by atoms with Gasteiger partial charge < -0.3 is 14.2 Å². The van der Waals surface area contributed by atoms with Crippen LogP contribution < -0.4 is 4.74 Å². The quantitative estimate of drug-likeness (QED) is 0.628. The lowest BCUT2D eigenvalue weighted by Crippen LogP contribution is -2.43. The Balaban J connectivity index is 1.57. The van der Waals surface area contributed by atoms with Gasteiger partial charge in [0.1, 0.15) is 24.7 Å². The number of hydrogen-bond acceptors (Lipinski definition) is 3. The topological polar surface area (TPSA) is 47.4 Å². The number of likely N-dealkylation sites (tertiary alicyclic amines) is 1. The van der Waals surface area contributed by atoms with Crippen molar-refractivity contribution >= 4 is 28.5 Å². The third-order valence-corrected chi connectivity index (χ3v) is 5.58. The molecule has 1 fully saturated rings. The molecule has 0 aliphatic carbocycles. The summed E-state index contributed by atoms with van der Waals surface area (Å²) >= 11 is 5.94. The van der Waals surface area contributed by atoms with E-state index in [1.807, 2.05) is 45.9 Å². The second-order valence-corrected chi connectivity index (χ2v) is 7.71. The number of aromatic nitrogens is 2. The first kappa shape index (κ1) is 18.8. The van der Waals surface area contributed by atoms with Gasteiger partial charge in [-0.25, -0.2) is 4.98 Å². The fourth-order valence-corrected chi connectivity index (χ4v) is 3.91. The molecule has 146 valence electrons. The summed E-state index contributed by atoms with van der Waals surface area (Å²) < 4.78 is 7.88. The number of halogens is 1. The first-order valence-electron chi connectivity index (χ1n) is 9.74. The van der Waals surface area contributed by atoms with Crippen molar-refractivity contribution in [1.29, 1.82) is 0 Å². The van der Waals surface area contributed by atoms with Crippen molar-refractivity contribution in [1.82, 2.24) is 14.5 Å². The standard InChI is InChI=1S/C22H24ClN3O2/c1-16-6-4-5-13-25(16)22(27)14-26-20-8-3-2-7-19(20)24-21(26)15-28-18-11-9-17(23)10-12-18/h2-3,7-12,16H,4-6,13-15H2,1H3. The minimum Gasteiger partial charge on any atom is -0.486 e. The van der Waals surface area contributed by atoms with Crippen molar-refractivity contribution in [2.24, 2.45) is 0 Å². The molecule has 0 saturated carbocycles. The van der Waals surface area contributed by atoms with Gasteiger partial charge in [0.05, 0.1) is 11.0 Å². The zero-order valence-corrected chi connectivity index (χ0v) is 16.7. The molecule has 5 nitrogen and oxygen atoms in total. The Bertz CT molecular complexity index is 968. The molecule has 3 aromatic rings. The molecular formula is C22H24ClN3O2. The lowest BCUT2D eigenvalue weighted by molar-refractivity contribution is -0.135. The van der Waals surface area contributed by atoms with Crippen LogP contribution in [0.5, 0.6) is 5.75 Å². The molecular weight excluding hydrogens is 374 g/mol. The number of ether oxygens (including phenoxy) is 1. The minimum atomic E-state index is 0.142. The maximum absolute atomic E-state index is 13.0. The van der Waals surface area contributed by atoms with E-state index in [0.717, 1.165) is 42.0 Å². The molecule has 1 amide bonds. The lowest BCUT2D eigenvalue weighted by Gasteiger charge is -2.33. The molecule has 2 heterocycles. The van der Waals surface area contributed by atoms with Crippen LogP contribution in [0.15, 0.2) is 48.5 Å². The number of carbonyl (C=O) groups excluding carboxylic acids is 1. The van der Waals surface area contributed by atoms with Crippen LogP contribution in [0.1, 0.15) is 32.0 Å². The molecule has 0 N–H and O–H groups in total. The molecule has 1 saturated heterocycles. The van der Waals surface area contributed by atoms with Crippen LogP contribution in [0.3, 0.4) is 0 Å². The second kappa shape index (κ2) is 8.23. The van der Waals surface area contributed by atoms with E-state index in [9.17, 15) is 4.79 Å². The van der Waals surface area contributed by atoms with Crippen molar-refractivity contribution in [3.05, 3.63) is 59.4 Å². The summed E-state index contributed by atoms with van der Waals surface area (Å²) in [6.45, 7) is 3.54. The average molecular weight is 398 g/mol. The van der Waals surface area contributed by atoms with E-state index in [1.54, 1.807) is 12.1 Å². The van der Waals surface area contributed by atoms with Crippen LogP contribution in [-0.4, -0.2) is 32.9 Å². The number of amides is 1. The number of benzene rings is 2. The number of carbonyl (C=O) groups is 1. The Morgan fingerprint density at radius 1 is 1.18 bits per heavy atom. The van der Waals surface area contributed by atoms with Gasteiger partial charge in [-0.15, -0.1) is 0 Å². The first-order valence-corrected chi connectivity index (χ1v) is 10.1. The van der Waals surface area contributed by atoms with Crippen molar-refractivity contribution < 1.29 is 9.53 Å². The van der Waals surface area contributed by atoms with Gasteiger partial charge in [-0.05, 0) is 62.6 Å². The van der Waals surface area contributed by atoms with E-state index in [1.165, 1.54) is 6.42 Å². The maximum atomic E-state index is 13.0.